The molecule has 148 valence electrons. The summed E-state index contributed by atoms with van der Waals surface area (Å²) in [6.07, 6.45) is 2.13. The van der Waals surface area contributed by atoms with Crippen molar-refractivity contribution in [3.8, 4) is 11.3 Å². The number of rotatable bonds is 4. The molecule has 5 heteroatoms. The van der Waals surface area contributed by atoms with Crippen molar-refractivity contribution in [2.75, 3.05) is 19.7 Å². The van der Waals surface area contributed by atoms with Crippen molar-refractivity contribution in [1.82, 2.24) is 9.88 Å². The molecule has 3 aromatic rings. The molecule has 2 heterocycles. The highest BCUT2D eigenvalue weighted by Gasteiger charge is 2.23. The number of amides is 1. The molecule has 0 saturated carbocycles. The summed E-state index contributed by atoms with van der Waals surface area (Å²) in [6.45, 7) is 3.37. The van der Waals surface area contributed by atoms with Crippen molar-refractivity contribution in [1.29, 1.82) is 0 Å². The van der Waals surface area contributed by atoms with Crippen molar-refractivity contribution < 1.29 is 14.3 Å². The van der Waals surface area contributed by atoms with Crippen LogP contribution in [0.5, 0.6) is 0 Å². The van der Waals surface area contributed by atoms with Crippen LogP contribution in [0.25, 0.3) is 22.2 Å². The average Bonchev–Trinajstić information content (AvgIpc) is 2.77. The first-order valence-electron chi connectivity index (χ1n) is 10.0. The third kappa shape index (κ3) is 4.29. The molecule has 0 unspecified atom stereocenters. The highest BCUT2D eigenvalue weighted by molar-refractivity contribution is 6.05. The normalized spacial score (nSPS) is 16.6. The number of esters is 1. The van der Waals surface area contributed by atoms with E-state index in [0.29, 0.717) is 17.2 Å². The van der Waals surface area contributed by atoms with Gasteiger partial charge in [-0.15, -0.1) is 0 Å². The summed E-state index contributed by atoms with van der Waals surface area (Å²) in [4.78, 5) is 31.8. The molecular formula is C24H24N2O3. The van der Waals surface area contributed by atoms with Crippen molar-refractivity contribution in [3.05, 3.63) is 66.2 Å². The first-order valence-corrected chi connectivity index (χ1v) is 10.0. The topological polar surface area (TPSA) is 59.5 Å². The molecule has 1 saturated heterocycles. The predicted molar refractivity (Wildman–Crippen MR) is 112 cm³/mol. The SMILES string of the molecule is C[C@@H]1CCCN(C(=O)COC(=O)c2cc(-c3ccccc3)nc3ccccc23)C1. The van der Waals surface area contributed by atoms with Gasteiger partial charge in [0.15, 0.2) is 6.61 Å². The van der Waals surface area contributed by atoms with Crippen molar-refractivity contribution >= 4 is 22.8 Å². The van der Waals surface area contributed by atoms with Crippen LogP contribution in [0.2, 0.25) is 0 Å². The number of carbonyl (C=O) groups is 2. The van der Waals surface area contributed by atoms with Gasteiger partial charge >= 0.3 is 5.97 Å². The summed E-state index contributed by atoms with van der Waals surface area (Å²) in [5.41, 5.74) is 2.77. The van der Waals surface area contributed by atoms with E-state index in [4.69, 9.17) is 4.74 Å². The predicted octanol–water partition coefficient (Wildman–Crippen LogP) is 4.32. The van der Waals surface area contributed by atoms with Crippen LogP contribution >= 0.6 is 0 Å². The van der Waals surface area contributed by atoms with Crippen molar-refractivity contribution in [3.63, 3.8) is 0 Å². The number of likely N-dealkylation sites (tertiary alicyclic amines) is 1. The number of benzene rings is 2. The first kappa shape index (κ1) is 19.1. The molecule has 0 radical (unpaired) electrons. The summed E-state index contributed by atoms with van der Waals surface area (Å²) < 4.78 is 5.42. The molecular weight excluding hydrogens is 364 g/mol. The van der Waals surface area contributed by atoms with Crippen molar-refractivity contribution in [2.24, 2.45) is 5.92 Å². The summed E-state index contributed by atoms with van der Waals surface area (Å²) in [5.74, 6) is -0.147. The van der Waals surface area contributed by atoms with E-state index in [9.17, 15) is 9.59 Å². The van der Waals surface area contributed by atoms with Gasteiger partial charge in [-0.3, -0.25) is 4.79 Å². The molecule has 1 fully saturated rings. The standard InChI is InChI=1S/C24H24N2O3/c1-17-8-7-13-26(15-17)23(27)16-29-24(28)20-14-22(18-9-3-2-4-10-18)25-21-12-6-5-11-19(20)21/h2-6,9-12,14,17H,7-8,13,15-16H2,1H3/t17-/m1/s1. The van der Waals surface area contributed by atoms with Gasteiger partial charge in [-0.25, -0.2) is 9.78 Å². The second kappa shape index (κ2) is 8.43. The summed E-state index contributed by atoms with van der Waals surface area (Å²) in [6, 6.07) is 18.9. The minimum absolute atomic E-state index is 0.133. The van der Waals surface area contributed by atoms with Gasteiger partial charge < -0.3 is 9.64 Å². The Bertz CT molecular complexity index is 1030. The quantitative estimate of drug-likeness (QED) is 0.625. The number of carbonyl (C=O) groups excluding carboxylic acids is 2. The van der Waals surface area contributed by atoms with Crippen LogP contribution in [0.4, 0.5) is 0 Å². The summed E-state index contributed by atoms with van der Waals surface area (Å²) in [7, 11) is 0. The van der Waals surface area contributed by atoms with Crippen LogP contribution in [0, 0.1) is 5.92 Å². The number of hydrogen-bond donors (Lipinski definition) is 0. The van der Waals surface area contributed by atoms with E-state index in [1.807, 2.05) is 54.6 Å². The van der Waals surface area contributed by atoms with Gasteiger partial charge in [0.25, 0.3) is 5.91 Å². The highest BCUT2D eigenvalue weighted by atomic mass is 16.5. The maximum atomic E-state index is 12.9. The van der Waals surface area contributed by atoms with Gasteiger partial charge in [0, 0.05) is 24.0 Å². The fraction of sp³-hybridized carbons (Fsp3) is 0.292. The first-order chi connectivity index (χ1) is 14.1. The maximum Gasteiger partial charge on any atom is 0.339 e. The molecule has 0 aliphatic carbocycles. The number of nitrogens with zero attached hydrogens (tertiary/aromatic N) is 2. The highest BCUT2D eigenvalue weighted by Crippen LogP contribution is 2.25. The van der Waals surface area contributed by atoms with Crippen LogP contribution < -0.4 is 0 Å². The maximum absolute atomic E-state index is 12.9. The van der Waals surface area contributed by atoms with Gasteiger partial charge in [0.1, 0.15) is 0 Å². The van der Waals surface area contributed by atoms with Crippen LogP contribution in [0.3, 0.4) is 0 Å². The van der Waals surface area contributed by atoms with Gasteiger partial charge in [-0.2, -0.15) is 0 Å². The van der Waals surface area contributed by atoms with Crippen LogP contribution in [0.15, 0.2) is 60.7 Å². The molecule has 1 atom stereocenters. The van der Waals surface area contributed by atoms with Gasteiger partial charge in [-0.05, 0) is 30.9 Å². The second-order valence-corrected chi connectivity index (χ2v) is 7.60. The zero-order valence-corrected chi connectivity index (χ0v) is 16.5. The molecule has 1 aliphatic rings. The molecule has 1 aliphatic heterocycles. The van der Waals surface area contributed by atoms with Crippen LogP contribution in [-0.4, -0.2) is 41.5 Å². The Morgan fingerprint density at radius 1 is 1.10 bits per heavy atom. The third-order valence-corrected chi connectivity index (χ3v) is 5.34. The second-order valence-electron chi connectivity index (χ2n) is 7.60. The molecule has 5 nitrogen and oxygen atoms in total. The monoisotopic (exact) mass is 388 g/mol. The molecule has 1 amide bonds. The Morgan fingerprint density at radius 2 is 1.86 bits per heavy atom. The van der Waals surface area contributed by atoms with Gasteiger partial charge in [0.05, 0.1) is 16.8 Å². The van der Waals surface area contributed by atoms with Crippen molar-refractivity contribution in [2.45, 2.75) is 19.8 Å². The molecule has 1 aromatic heterocycles. The zero-order valence-electron chi connectivity index (χ0n) is 16.5. The Labute approximate surface area is 170 Å². The Balaban J connectivity index is 1.57. The van der Waals surface area contributed by atoms with E-state index >= 15 is 0 Å². The third-order valence-electron chi connectivity index (χ3n) is 5.34. The minimum atomic E-state index is -0.501. The zero-order chi connectivity index (χ0) is 20.2. The Hall–Kier alpha value is -3.21. The Kier molecular flexibility index (Phi) is 5.56. The van der Waals surface area contributed by atoms with E-state index in [2.05, 4.69) is 11.9 Å². The van der Waals surface area contributed by atoms with E-state index in [0.717, 1.165) is 42.4 Å². The molecule has 4 rings (SSSR count). The fourth-order valence-electron chi connectivity index (χ4n) is 3.81. The number of fused-ring (bicyclic) bond motifs is 1. The lowest BCUT2D eigenvalue weighted by atomic mass is 10.0. The number of aromatic nitrogens is 1. The number of para-hydroxylation sites is 1. The van der Waals surface area contributed by atoms with E-state index in [1.165, 1.54) is 0 Å². The van der Waals surface area contributed by atoms with E-state index in [1.54, 1.807) is 11.0 Å². The van der Waals surface area contributed by atoms with Gasteiger partial charge in [-0.1, -0.05) is 55.5 Å². The summed E-state index contributed by atoms with van der Waals surface area (Å²) >= 11 is 0. The lowest BCUT2D eigenvalue weighted by Gasteiger charge is -2.30. The van der Waals surface area contributed by atoms with E-state index < -0.39 is 5.97 Å². The lowest BCUT2D eigenvalue weighted by molar-refractivity contribution is -0.136. The molecule has 2 aromatic carbocycles. The van der Waals surface area contributed by atoms with Crippen LogP contribution in [-0.2, 0) is 9.53 Å². The molecule has 0 spiro atoms. The van der Waals surface area contributed by atoms with Crippen LogP contribution in [0.1, 0.15) is 30.1 Å². The summed E-state index contributed by atoms with van der Waals surface area (Å²) in [5, 5.41) is 0.719. The average molecular weight is 388 g/mol. The van der Waals surface area contributed by atoms with Gasteiger partial charge in [0.2, 0.25) is 0 Å². The smallest absolute Gasteiger partial charge is 0.339 e. The largest absolute Gasteiger partial charge is 0.452 e. The minimum Gasteiger partial charge on any atom is -0.452 e. The Morgan fingerprint density at radius 3 is 2.66 bits per heavy atom. The molecule has 0 N–H and O–H groups in total. The number of hydrogen-bond acceptors (Lipinski definition) is 4. The molecule has 29 heavy (non-hydrogen) atoms. The lowest BCUT2D eigenvalue weighted by Crippen LogP contribution is -2.41. The number of ether oxygens (including phenoxy) is 1. The number of piperidine rings is 1. The fourth-order valence-corrected chi connectivity index (χ4v) is 3.81. The molecule has 0 bridgehead atoms. The number of pyridine rings is 1. The van der Waals surface area contributed by atoms with E-state index in [-0.39, 0.29) is 12.5 Å².